The number of aliphatic imine (C=N–C) groups is 4. The predicted molar refractivity (Wildman–Crippen MR) is 362 cm³/mol. The summed E-state index contributed by atoms with van der Waals surface area (Å²) in [6, 6.07) is -15.6. The molecule has 1 saturated heterocycles. The van der Waals surface area contributed by atoms with E-state index < -0.39 is 162 Å². The molecule has 0 saturated carbocycles. The van der Waals surface area contributed by atoms with Crippen molar-refractivity contribution in [2.45, 2.75) is 216 Å². The van der Waals surface area contributed by atoms with Crippen LogP contribution in [0.1, 0.15) is 143 Å². The molecule has 1 heterocycles. The van der Waals surface area contributed by atoms with Crippen LogP contribution in [-0.2, 0) is 57.5 Å². The van der Waals surface area contributed by atoms with E-state index in [4.69, 9.17) is 63.1 Å². The summed E-state index contributed by atoms with van der Waals surface area (Å²) >= 11 is 0. The maximum atomic E-state index is 14.7. The molecule has 0 spiro atoms. The number of aliphatic hydroxyl groups excluding tert-OH is 1. The summed E-state index contributed by atoms with van der Waals surface area (Å²) < 4.78 is 0. The summed E-state index contributed by atoms with van der Waals surface area (Å²) in [7, 11) is 0. The van der Waals surface area contributed by atoms with Crippen LogP contribution in [0.4, 0.5) is 0 Å². The average molecular weight is 1400 g/mol. The number of likely N-dealkylation sites (tertiary alicyclic amines) is 1. The van der Waals surface area contributed by atoms with Crippen LogP contribution in [0.5, 0.6) is 0 Å². The highest BCUT2D eigenvalue weighted by atomic mass is 16.4. The summed E-state index contributed by atoms with van der Waals surface area (Å²) in [6.45, 7) is 6.06. The van der Waals surface area contributed by atoms with Gasteiger partial charge in [-0.3, -0.25) is 72.7 Å². The van der Waals surface area contributed by atoms with Gasteiger partial charge in [-0.1, -0.05) is 13.8 Å². The second-order valence-corrected chi connectivity index (χ2v) is 24.0. The number of unbranched alkanes of at least 4 members (excludes halogenated alkanes) is 2. The van der Waals surface area contributed by atoms with Crippen LogP contribution < -0.4 is 111 Å². The van der Waals surface area contributed by atoms with Crippen LogP contribution in [0, 0.1) is 5.92 Å². The van der Waals surface area contributed by atoms with E-state index in [1.165, 1.54) is 18.7 Å². The first kappa shape index (κ1) is 86.6. The molecule has 0 unspecified atom stereocenters. The third kappa shape index (κ3) is 34.5. The van der Waals surface area contributed by atoms with Crippen molar-refractivity contribution < 1.29 is 72.9 Å². The molecule has 556 valence electrons. The van der Waals surface area contributed by atoms with E-state index in [1.54, 1.807) is 13.8 Å². The van der Waals surface area contributed by atoms with Gasteiger partial charge in [-0.05, 0) is 142 Å². The first-order valence-electron chi connectivity index (χ1n) is 32.7. The number of guanidine groups is 4. The van der Waals surface area contributed by atoms with Gasteiger partial charge >= 0.3 is 11.9 Å². The minimum Gasteiger partial charge on any atom is -0.481 e. The molecule has 1 aliphatic heterocycles. The number of hydrogen-bond donors (Lipinski definition) is 23. The van der Waals surface area contributed by atoms with Gasteiger partial charge in [0, 0.05) is 39.1 Å². The molecule has 0 aromatic rings. The Hall–Kier alpha value is -9.44. The molecule has 0 aliphatic carbocycles. The van der Waals surface area contributed by atoms with Crippen LogP contribution in [0.15, 0.2) is 20.0 Å². The van der Waals surface area contributed by atoms with Gasteiger partial charge in [0.15, 0.2) is 23.8 Å². The normalized spacial score (nSPS) is 15.9. The van der Waals surface area contributed by atoms with Gasteiger partial charge < -0.3 is 131 Å². The molecule has 0 aromatic carbocycles. The topological polar surface area (TPSA) is 713 Å². The summed E-state index contributed by atoms with van der Waals surface area (Å²) in [5, 5.41) is 52.5. The number of nitrogens with zero attached hydrogens (tertiary/aromatic N) is 5. The Bertz CT molecular complexity index is 2740. The van der Waals surface area contributed by atoms with Crippen molar-refractivity contribution in [3.63, 3.8) is 0 Å². The molecule has 1 rings (SSSR count). The smallest absolute Gasteiger partial charge is 0.326 e. The Labute approximate surface area is 569 Å². The predicted octanol–water partition coefficient (Wildman–Crippen LogP) is -8.85. The maximum absolute atomic E-state index is 14.7. The lowest BCUT2D eigenvalue weighted by Gasteiger charge is -2.29. The van der Waals surface area contributed by atoms with Crippen molar-refractivity contribution in [1.29, 1.82) is 0 Å². The molecule has 1 aliphatic rings. The van der Waals surface area contributed by atoms with Crippen LogP contribution in [0.25, 0.3) is 0 Å². The lowest BCUT2D eigenvalue weighted by molar-refractivity contribution is -0.143. The van der Waals surface area contributed by atoms with Gasteiger partial charge in [0.25, 0.3) is 0 Å². The van der Waals surface area contributed by atoms with Gasteiger partial charge in [-0.2, -0.15) is 0 Å². The van der Waals surface area contributed by atoms with E-state index in [2.05, 4.69) is 67.8 Å². The van der Waals surface area contributed by atoms with Gasteiger partial charge in [-0.25, -0.2) is 4.79 Å². The number of carbonyl (C=O) groups excluding carboxylic acids is 10. The Balaban J connectivity index is 3.83. The number of amides is 10. The summed E-state index contributed by atoms with van der Waals surface area (Å²) in [5.41, 5.74) is 61.8. The fourth-order valence-corrected chi connectivity index (χ4v) is 9.92. The number of carboxylic acids is 2. The molecule has 98 heavy (non-hydrogen) atoms. The van der Waals surface area contributed by atoms with Crippen LogP contribution >= 0.6 is 0 Å². The zero-order chi connectivity index (χ0) is 74.2. The molecule has 0 aromatic heterocycles. The molecular weight excluding hydrogens is 1290 g/mol. The Morgan fingerprint density at radius 2 is 0.745 bits per heavy atom. The van der Waals surface area contributed by atoms with Crippen molar-refractivity contribution in [1.82, 2.24) is 52.8 Å². The van der Waals surface area contributed by atoms with Crippen molar-refractivity contribution in [2.24, 2.45) is 89.0 Å². The molecule has 12 atom stereocenters. The number of carboxylic acid groups (broad SMARTS) is 2. The third-order valence-electron chi connectivity index (χ3n) is 15.4. The van der Waals surface area contributed by atoms with E-state index in [9.17, 15) is 72.9 Å². The number of rotatable bonds is 49. The highest BCUT2D eigenvalue weighted by Crippen LogP contribution is 2.20. The highest BCUT2D eigenvalue weighted by Gasteiger charge is 2.40. The fraction of sp³-hybridized carbons (Fsp3) is 0.724. The highest BCUT2D eigenvalue weighted by molar-refractivity contribution is 5.99. The molecule has 1 fully saturated rings. The van der Waals surface area contributed by atoms with Gasteiger partial charge in [0.2, 0.25) is 59.1 Å². The second kappa shape index (κ2) is 46.7. The molecule has 0 radical (unpaired) electrons. The summed E-state index contributed by atoms with van der Waals surface area (Å²) in [5.74, 6) is -13.4. The molecule has 10 amide bonds. The van der Waals surface area contributed by atoms with Crippen molar-refractivity contribution >= 4 is 94.8 Å². The second-order valence-electron chi connectivity index (χ2n) is 24.0. The van der Waals surface area contributed by atoms with Crippen LogP contribution in [-0.4, -0.2) is 233 Å². The first-order chi connectivity index (χ1) is 46.1. The third-order valence-corrected chi connectivity index (χ3v) is 15.4. The largest absolute Gasteiger partial charge is 0.481 e. The lowest BCUT2D eigenvalue weighted by atomic mass is 10.0. The average Bonchev–Trinajstić information content (AvgIpc) is 1.62. The number of nitrogens with one attached hydrogen (secondary N) is 9. The number of aliphatic hydroxyl groups is 1. The quantitative estimate of drug-likeness (QED) is 0.0153. The number of nitrogens with two attached hydrogens (primary N) is 11. The Kier molecular flexibility index (Phi) is 41.2. The Morgan fingerprint density at radius 3 is 1.03 bits per heavy atom. The molecular formula is C58H109N25O15. The minimum atomic E-state index is -1.68. The van der Waals surface area contributed by atoms with Crippen molar-refractivity contribution in [2.75, 3.05) is 45.8 Å². The number of aliphatic carboxylic acids is 2. The monoisotopic (exact) mass is 1400 g/mol. The van der Waals surface area contributed by atoms with Crippen LogP contribution in [0.2, 0.25) is 0 Å². The van der Waals surface area contributed by atoms with Gasteiger partial charge in [0.05, 0.1) is 6.10 Å². The summed E-state index contributed by atoms with van der Waals surface area (Å²) in [6.07, 6.45) is -1.22. The first-order valence-corrected chi connectivity index (χ1v) is 32.7. The van der Waals surface area contributed by atoms with Crippen molar-refractivity contribution in [3.8, 4) is 0 Å². The maximum Gasteiger partial charge on any atom is 0.326 e. The van der Waals surface area contributed by atoms with E-state index >= 15 is 0 Å². The molecule has 0 bridgehead atoms. The number of carbonyl (C=O) groups is 12. The van der Waals surface area contributed by atoms with E-state index in [0.29, 0.717) is 19.3 Å². The Morgan fingerprint density at radius 1 is 0.439 bits per heavy atom. The van der Waals surface area contributed by atoms with Crippen molar-refractivity contribution in [3.05, 3.63) is 0 Å². The van der Waals surface area contributed by atoms with E-state index in [0.717, 1.165) is 0 Å². The summed E-state index contributed by atoms with van der Waals surface area (Å²) in [4.78, 5) is 182. The SMILES string of the molecule is CC(C)[C@H](NC(=O)[C@H](CCCN=C(N)N)NC(=O)[C@H](CCCCN)NC(=O)[C@H](CCCCN)NC(=O)[C@H](CCCN=C(N)N)NC(=O)[C@H](CCCN=C(N)N)NC(=O)[C@H](CCCN=C(N)N)NC(=O)[C@H](CCC(=O)O)NC(=O)[C@H](C)NC(=O)[C@@H]1CCCN1C(=O)[C@@H](N)[C@@H](C)O)C(=O)O. The van der Waals surface area contributed by atoms with E-state index in [-0.39, 0.29) is 153 Å². The fourth-order valence-electron chi connectivity index (χ4n) is 9.92. The molecule has 40 heteroatoms. The molecule has 40 nitrogen and oxygen atoms in total. The lowest BCUT2D eigenvalue weighted by Crippen LogP contribution is -2.60. The minimum absolute atomic E-state index is 0.000265. The number of hydrogen-bond acceptors (Lipinski definition) is 20. The standard InChI is InChI=1S/C58H109N25O15/c1-30(2)43(54(97)98)82-51(94)38(19-12-28-73-58(68)69)81-46(89)34(15-6-8-24-60)76-45(88)33(14-5-7-23-59)77-47(90)35(16-9-25-70-55(62)63)78-48(91)36(17-10-26-71-56(64)65)79-49(92)37(18-11-27-72-57(66)67)80-50(93)39(21-22-41(85)86)75-44(87)31(3)74-52(95)40-20-13-29-83(40)53(96)42(61)32(4)84/h30-40,42-43,84H,5-29,59-61H2,1-4H3,(H,74,95)(H,75,87)(H,76,88)(H,77,90)(H,78,91)(H,79,92)(H,80,93)(H,81,89)(H,82,94)(H,85,86)(H,97,98)(H4,62,63,70)(H4,64,65,71)(H4,66,67,72)(H4,68,69,73)/t31-,32+,33-,34-,35-,36-,37-,38-,39-,40-,42-,43-/m0/s1. The zero-order valence-corrected chi connectivity index (χ0v) is 56.5. The zero-order valence-electron chi connectivity index (χ0n) is 56.5. The van der Waals surface area contributed by atoms with Gasteiger partial charge in [-0.15, -0.1) is 0 Å². The van der Waals surface area contributed by atoms with Crippen LogP contribution in [0.3, 0.4) is 0 Å². The van der Waals surface area contributed by atoms with Gasteiger partial charge in [0.1, 0.15) is 66.5 Å². The van der Waals surface area contributed by atoms with E-state index in [1.807, 2.05) is 0 Å². The molecule has 34 N–H and O–H groups in total.